The number of nitrogens with zero attached hydrogens (tertiary/aromatic N) is 2. The number of anilines is 1. The van der Waals surface area contributed by atoms with Gasteiger partial charge in [0.15, 0.2) is 0 Å². The zero-order valence-corrected chi connectivity index (χ0v) is 12.6. The Hall–Kier alpha value is -2.04. The first kappa shape index (κ1) is 15.4. The zero-order valence-electron chi connectivity index (χ0n) is 12.6. The number of fused-ring (bicyclic) bond motifs is 1. The van der Waals surface area contributed by atoms with E-state index in [0.717, 1.165) is 24.1 Å². The molecule has 1 atom stereocenters. The van der Waals surface area contributed by atoms with E-state index in [-0.39, 0.29) is 12.6 Å². The number of amides is 2. The molecule has 0 saturated heterocycles. The molecule has 0 saturated carbocycles. The Labute approximate surface area is 125 Å². The van der Waals surface area contributed by atoms with E-state index in [1.807, 2.05) is 25.1 Å². The lowest BCUT2D eigenvalue weighted by molar-refractivity contribution is -0.138. The highest BCUT2D eigenvalue weighted by Crippen LogP contribution is 2.36. The maximum Gasteiger partial charge on any atom is 0.324 e. The number of carbonyl (C=O) groups is 2. The molecule has 0 spiro atoms. The highest BCUT2D eigenvalue weighted by atomic mass is 16.4. The molecule has 5 heteroatoms. The average Bonchev–Trinajstić information content (AvgIpc) is 2.87. The van der Waals surface area contributed by atoms with Gasteiger partial charge in [0.05, 0.1) is 0 Å². The monoisotopic (exact) mass is 290 g/mol. The molecule has 2 rings (SSSR count). The van der Waals surface area contributed by atoms with Crippen molar-refractivity contribution in [2.75, 3.05) is 24.5 Å². The molecule has 1 unspecified atom stereocenters. The van der Waals surface area contributed by atoms with E-state index in [4.69, 9.17) is 0 Å². The highest BCUT2D eigenvalue weighted by Gasteiger charge is 2.37. The third-order valence-corrected chi connectivity index (χ3v) is 3.93. The number of benzene rings is 1. The van der Waals surface area contributed by atoms with Gasteiger partial charge in [-0.2, -0.15) is 0 Å². The molecule has 1 aliphatic heterocycles. The van der Waals surface area contributed by atoms with Crippen LogP contribution >= 0.6 is 0 Å². The molecule has 2 amide bonds. The first-order valence-corrected chi connectivity index (χ1v) is 7.48. The summed E-state index contributed by atoms with van der Waals surface area (Å²) >= 11 is 0. The Morgan fingerprint density at radius 1 is 1.33 bits per heavy atom. The summed E-state index contributed by atoms with van der Waals surface area (Å²) in [6.45, 7) is 5.60. The number of aliphatic carboxylic acids is 1. The molecule has 5 nitrogen and oxygen atoms in total. The van der Waals surface area contributed by atoms with Gasteiger partial charge in [-0.1, -0.05) is 31.5 Å². The van der Waals surface area contributed by atoms with Crippen LogP contribution in [-0.2, 0) is 4.79 Å². The number of carbonyl (C=O) groups excluding carboxylic acids is 1. The molecular weight excluding hydrogens is 268 g/mol. The van der Waals surface area contributed by atoms with E-state index in [9.17, 15) is 14.7 Å². The van der Waals surface area contributed by atoms with Crippen molar-refractivity contribution in [2.24, 2.45) is 0 Å². The molecule has 1 heterocycles. The van der Waals surface area contributed by atoms with Crippen LogP contribution in [0.5, 0.6) is 0 Å². The van der Waals surface area contributed by atoms with Gasteiger partial charge in [0.25, 0.3) is 0 Å². The van der Waals surface area contributed by atoms with Gasteiger partial charge in [-0.25, -0.2) is 4.79 Å². The molecule has 0 radical (unpaired) electrons. The van der Waals surface area contributed by atoms with Gasteiger partial charge in [0.2, 0.25) is 0 Å². The number of rotatable bonds is 5. The van der Waals surface area contributed by atoms with Crippen LogP contribution in [0.25, 0.3) is 0 Å². The number of unbranched alkanes of at least 4 members (excludes halogenated alkanes) is 1. The molecule has 0 aliphatic carbocycles. The lowest BCUT2D eigenvalue weighted by atomic mass is 10.0. The molecular formula is C16H22N2O3. The van der Waals surface area contributed by atoms with Gasteiger partial charge in [-0.05, 0) is 25.0 Å². The Bertz CT molecular complexity index is 530. The number of hydrogen-bond acceptors (Lipinski definition) is 2. The third-order valence-electron chi connectivity index (χ3n) is 3.93. The van der Waals surface area contributed by atoms with Gasteiger partial charge < -0.3 is 10.0 Å². The first-order valence-electron chi connectivity index (χ1n) is 7.48. The van der Waals surface area contributed by atoms with E-state index in [2.05, 4.69) is 6.92 Å². The molecule has 0 bridgehead atoms. The minimum Gasteiger partial charge on any atom is -0.481 e. The van der Waals surface area contributed by atoms with Crippen molar-refractivity contribution in [3.05, 3.63) is 29.8 Å². The Balaban J connectivity index is 2.24. The van der Waals surface area contributed by atoms with Crippen LogP contribution in [0.4, 0.5) is 10.5 Å². The average molecular weight is 290 g/mol. The van der Waals surface area contributed by atoms with E-state index in [1.165, 1.54) is 0 Å². The topological polar surface area (TPSA) is 60.9 Å². The summed E-state index contributed by atoms with van der Waals surface area (Å²) in [4.78, 5) is 27.5. The normalized spacial score (nSPS) is 16.7. The van der Waals surface area contributed by atoms with E-state index in [0.29, 0.717) is 13.1 Å². The van der Waals surface area contributed by atoms with Crippen LogP contribution in [0.1, 0.15) is 38.2 Å². The Morgan fingerprint density at radius 2 is 2.05 bits per heavy atom. The Kier molecular flexibility index (Phi) is 4.83. The maximum atomic E-state index is 12.7. The van der Waals surface area contributed by atoms with E-state index >= 15 is 0 Å². The molecule has 0 fully saturated rings. The fourth-order valence-electron chi connectivity index (χ4n) is 2.71. The second kappa shape index (κ2) is 6.61. The summed E-state index contributed by atoms with van der Waals surface area (Å²) in [7, 11) is 0. The van der Waals surface area contributed by atoms with Gasteiger partial charge in [0.1, 0.15) is 5.92 Å². The second-order valence-corrected chi connectivity index (χ2v) is 5.28. The van der Waals surface area contributed by atoms with Crippen molar-refractivity contribution in [1.82, 2.24) is 4.90 Å². The first-order chi connectivity index (χ1) is 10.1. The summed E-state index contributed by atoms with van der Waals surface area (Å²) in [6, 6.07) is 7.18. The van der Waals surface area contributed by atoms with Gasteiger partial charge >= 0.3 is 12.0 Å². The van der Waals surface area contributed by atoms with Crippen LogP contribution in [0.15, 0.2) is 24.3 Å². The fraction of sp³-hybridized carbons (Fsp3) is 0.500. The van der Waals surface area contributed by atoms with Crippen LogP contribution in [0.3, 0.4) is 0 Å². The van der Waals surface area contributed by atoms with Crippen molar-refractivity contribution in [3.63, 3.8) is 0 Å². The predicted octanol–water partition coefficient (Wildman–Crippen LogP) is 2.92. The van der Waals surface area contributed by atoms with Gasteiger partial charge in [-0.3, -0.25) is 9.69 Å². The van der Waals surface area contributed by atoms with Crippen molar-refractivity contribution >= 4 is 17.7 Å². The molecule has 1 aliphatic rings. The Morgan fingerprint density at radius 3 is 2.67 bits per heavy atom. The summed E-state index contributed by atoms with van der Waals surface area (Å²) in [5, 5.41) is 9.35. The van der Waals surface area contributed by atoms with E-state index in [1.54, 1.807) is 15.9 Å². The predicted molar refractivity (Wildman–Crippen MR) is 81.7 cm³/mol. The third kappa shape index (κ3) is 3.01. The van der Waals surface area contributed by atoms with Crippen LogP contribution < -0.4 is 4.90 Å². The molecule has 1 aromatic rings. The molecule has 114 valence electrons. The fourth-order valence-corrected chi connectivity index (χ4v) is 2.71. The minimum atomic E-state index is -0.880. The smallest absolute Gasteiger partial charge is 0.324 e. The molecule has 0 aromatic heterocycles. The summed E-state index contributed by atoms with van der Waals surface area (Å²) in [5.41, 5.74) is 1.45. The van der Waals surface area contributed by atoms with E-state index < -0.39 is 11.9 Å². The maximum absolute atomic E-state index is 12.7. The van der Waals surface area contributed by atoms with Crippen molar-refractivity contribution in [1.29, 1.82) is 0 Å². The van der Waals surface area contributed by atoms with Gasteiger partial charge in [-0.15, -0.1) is 0 Å². The zero-order chi connectivity index (χ0) is 15.4. The largest absolute Gasteiger partial charge is 0.481 e. The quantitative estimate of drug-likeness (QED) is 0.907. The summed E-state index contributed by atoms with van der Waals surface area (Å²) in [6.07, 6.45) is 1.98. The van der Waals surface area contributed by atoms with Crippen molar-refractivity contribution in [2.45, 2.75) is 32.6 Å². The van der Waals surface area contributed by atoms with Crippen molar-refractivity contribution in [3.8, 4) is 0 Å². The number of urea groups is 1. The lowest BCUT2D eigenvalue weighted by Crippen LogP contribution is -2.43. The molecule has 21 heavy (non-hydrogen) atoms. The number of carboxylic acids is 1. The summed E-state index contributed by atoms with van der Waals surface area (Å²) < 4.78 is 0. The minimum absolute atomic E-state index is 0.0952. The molecule has 1 N–H and O–H groups in total. The SMILES string of the molecule is CCCCN(CC)C(=O)N1CC(C(=O)O)c2ccccc21. The highest BCUT2D eigenvalue weighted by molar-refractivity contribution is 5.98. The number of carboxylic acid groups (broad SMARTS) is 1. The van der Waals surface area contributed by atoms with Gasteiger partial charge in [0, 0.05) is 25.3 Å². The van der Waals surface area contributed by atoms with Crippen LogP contribution in [0, 0.1) is 0 Å². The number of hydrogen-bond donors (Lipinski definition) is 1. The second-order valence-electron chi connectivity index (χ2n) is 5.28. The number of para-hydroxylation sites is 1. The van der Waals surface area contributed by atoms with Crippen molar-refractivity contribution < 1.29 is 14.7 Å². The van der Waals surface area contributed by atoms with Crippen LogP contribution in [-0.4, -0.2) is 41.6 Å². The molecule has 1 aromatic carbocycles. The van der Waals surface area contributed by atoms with Crippen LogP contribution in [0.2, 0.25) is 0 Å². The lowest BCUT2D eigenvalue weighted by Gasteiger charge is -2.27. The standard InChI is InChI=1S/C16H22N2O3/c1-3-5-10-17(4-2)16(21)18-11-13(15(19)20)12-8-6-7-9-14(12)18/h6-9,13H,3-5,10-11H2,1-2H3,(H,19,20). The summed E-state index contributed by atoms with van der Waals surface area (Å²) in [5.74, 6) is -1.51.